The van der Waals surface area contributed by atoms with E-state index in [0.717, 1.165) is 51.9 Å². The van der Waals surface area contributed by atoms with Crippen LogP contribution >= 0.6 is 0 Å². The Balaban J connectivity index is 1.54. The van der Waals surface area contributed by atoms with Gasteiger partial charge in [-0.05, 0) is 40.0 Å². The molecule has 5 aromatic rings. The average Bonchev–Trinajstić information content (AvgIpc) is 3.40. The van der Waals surface area contributed by atoms with Gasteiger partial charge in [0.2, 0.25) is 5.82 Å². The molecule has 0 fully saturated rings. The normalized spacial score (nSPS) is 11.1. The number of para-hydroxylation sites is 1. The third-order valence-electron chi connectivity index (χ3n) is 5.94. The van der Waals surface area contributed by atoms with Crippen molar-refractivity contribution in [2.75, 3.05) is 0 Å². The topological polar surface area (TPSA) is 105 Å². The van der Waals surface area contributed by atoms with E-state index in [0.29, 0.717) is 23.2 Å². The van der Waals surface area contributed by atoms with Gasteiger partial charge in [-0.2, -0.15) is 5.21 Å². The zero-order chi connectivity index (χ0) is 23.5. The summed E-state index contributed by atoms with van der Waals surface area (Å²) in [5.41, 5.74) is 6.65. The lowest BCUT2D eigenvalue weighted by Crippen LogP contribution is -2.10. The third kappa shape index (κ3) is 4.03. The molecule has 0 saturated heterocycles. The molecule has 3 aromatic carbocycles. The van der Waals surface area contributed by atoms with Crippen molar-refractivity contribution in [1.82, 2.24) is 25.6 Å². The van der Waals surface area contributed by atoms with Gasteiger partial charge in [0, 0.05) is 23.1 Å². The second-order valence-electron chi connectivity index (χ2n) is 8.14. The summed E-state index contributed by atoms with van der Waals surface area (Å²) in [5.74, 6) is -0.381. The standard InChI is InChI=1S/C27H23N5O2/c1-2-7-23-22(25(27(33)34)21-10-5-6-11-24(21)28-23)16-17-12-14-18(15-13-17)19-8-3-4-9-20(19)26-29-31-32-30-26/h3-6,8-15H,2,7,16H2,1H3,(H,33,34)(H,29,30,31,32). The van der Waals surface area contributed by atoms with Crippen molar-refractivity contribution in [2.24, 2.45) is 0 Å². The maximum absolute atomic E-state index is 12.3. The Hall–Kier alpha value is -4.39. The number of carboxylic acids is 1. The second kappa shape index (κ2) is 9.23. The van der Waals surface area contributed by atoms with E-state index in [1.165, 1.54) is 0 Å². The van der Waals surface area contributed by atoms with Crippen molar-refractivity contribution < 1.29 is 9.90 Å². The molecule has 0 radical (unpaired) electrons. The molecule has 168 valence electrons. The predicted molar refractivity (Wildman–Crippen MR) is 131 cm³/mol. The fourth-order valence-electron chi connectivity index (χ4n) is 4.39. The van der Waals surface area contributed by atoms with E-state index < -0.39 is 5.97 Å². The molecule has 2 aromatic heterocycles. The van der Waals surface area contributed by atoms with Gasteiger partial charge in [-0.3, -0.25) is 4.98 Å². The van der Waals surface area contributed by atoms with Gasteiger partial charge in [-0.15, -0.1) is 10.2 Å². The molecule has 0 bridgehead atoms. The number of nitrogens with zero attached hydrogens (tertiary/aromatic N) is 4. The van der Waals surface area contributed by atoms with Crippen LogP contribution < -0.4 is 0 Å². The minimum absolute atomic E-state index is 0.348. The fraction of sp³-hybridized carbons (Fsp3) is 0.148. The van der Waals surface area contributed by atoms with Gasteiger partial charge in [0.1, 0.15) is 0 Å². The van der Waals surface area contributed by atoms with Crippen molar-refractivity contribution in [3.63, 3.8) is 0 Å². The summed E-state index contributed by atoms with van der Waals surface area (Å²) < 4.78 is 0. The van der Waals surface area contributed by atoms with E-state index in [9.17, 15) is 9.90 Å². The summed E-state index contributed by atoms with van der Waals surface area (Å²) in [6, 6.07) is 23.5. The van der Waals surface area contributed by atoms with Gasteiger partial charge in [-0.25, -0.2) is 4.79 Å². The number of aromatic carboxylic acids is 1. The number of carboxylic acid groups (broad SMARTS) is 1. The molecule has 0 atom stereocenters. The summed E-state index contributed by atoms with van der Waals surface area (Å²) in [6.07, 6.45) is 2.13. The minimum Gasteiger partial charge on any atom is -0.478 e. The molecule has 0 aliphatic heterocycles. The first-order valence-corrected chi connectivity index (χ1v) is 11.2. The number of carbonyl (C=O) groups is 1. The number of benzene rings is 3. The lowest BCUT2D eigenvalue weighted by molar-refractivity contribution is 0.0697. The summed E-state index contributed by atoms with van der Waals surface area (Å²) in [5, 5.41) is 25.2. The van der Waals surface area contributed by atoms with Crippen molar-refractivity contribution >= 4 is 16.9 Å². The number of aromatic amines is 1. The quantitative estimate of drug-likeness (QED) is 0.348. The average molecular weight is 450 g/mol. The molecular weight excluding hydrogens is 426 g/mol. The Morgan fingerprint density at radius 1 is 0.941 bits per heavy atom. The Morgan fingerprint density at radius 3 is 2.38 bits per heavy atom. The smallest absolute Gasteiger partial charge is 0.336 e. The zero-order valence-corrected chi connectivity index (χ0v) is 18.7. The van der Waals surface area contributed by atoms with Gasteiger partial charge in [0.25, 0.3) is 0 Å². The highest BCUT2D eigenvalue weighted by molar-refractivity contribution is 6.04. The first kappa shape index (κ1) is 21.5. The van der Waals surface area contributed by atoms with Crippen molar-refractivity contribution in [3.05, 3.63) is 95.2 Å². The molecule has 0 unspecified atom stereocenters. The second-order valence-corrected chi connectivity index (χ2v) is 8.14. The molecule has 2 heterocycles. The van der Waals surface area contributed by atoms with E-state index in [4.69, 9.17) is 4.98 Å². The van der Waals surface area contributed by atoms with Gasteiger partial charge in [0.15, 0.2) is 0 Å². The lowest BCUT2D eigenvalue weighted by atomic mass is 9.92. The van der Waals surface area contributed by atoms with Crippen LogP contribution in [0.3, 0.4) is 0 Å². The maximum Gasteiger partial charge on any atom is 0.336 e. The zero-order valence-electron chi connectivity index (χ0n) is 18.7. The molecule has 34 heavy (non-hydrogen) atoms. The molecule has 0 amide bonds. The van der Waals surface area contributed by atoms with Crippen LogP contribution in [0.15, 0.2) is 72.8 Å². The molecule has 0 saturated carbocycles. The van der Waals surface area contributed by atoms with Crippen LogP contribution in [0.4, 0.5) is 0 Å². The number of nitrogens with one attached hydrogen (secondary N) is 1. The Bertz CT molecular complexity index is 1460. The minimum atomic E-state index is -0.920. The van der Waals surface area contributed by atoms with E-state index in [2.05, 4.69) is 27.5 Å². The Kier molecular flexibility index (Phi) is 5.82. The number of fused-ring (bicyclic) bond motifs is 1. The van der Waals surface area contributed by atoms with Crippen LogP contribution in [0.25, 0.3) is 33.4 Å². The van der Waals surface area contributed by atoms with Crippen molar-refractivity contribution in [1.29, 1.82) is 0 Å². The lowest BCUT2D eigenvalue weighted by Gasteiger charge is -2.15. The predicted octanol–water partition coefficient (Wildman–Crippen LogP) is 5.32. The number of hydrogen-bond acceptors (Lipinski definition) is 5. The first-order chi connectivity index (χ1) is 16.7. The summed E-state index contributed by atoms with van der Waals surface area (Å²) in [4.78, 5) is 17.1. The Labute approximate surface area is 196 Å². The van der Waals surface area contributed by atoms with Gasteiger partial charge < -0.3 is 5.11 Å². The highest BCUT2D eigenvalue weighted by atomic mass is 16.4. The Morgan fingerprint density at radius 2 is 1.68 bits per heavy atom. The van der Waals surface area contributed by atoms with E-state index in [1.807, 2.05) is 72.8 Å². The van der Waals surface area contributed by atoms with Crippen molar-refractivity contribution in [3.8, 4) is 22.5 Å². The van der Waals surface area contributed by atoms with E-state index in [1.54, 1.807) is 0 Å². The van der Waals surface area contributed by atoms with Gasteiger partial charge in [0.05, 0.1) is 11.1 Å². The van der Waals surface area contributed by atoms with Crippen LogP contribution in [0.2, 0.25) is 0 Å². The number of pyridine rings is 1. The number of aryl methyl sites for hydroxylation is 1. The molecule has 0 spiro atoms. The highest BCUT2D eigenvalue weighted by Gasteiger charge is 2.20. The van der Waals surface area contributed by atoms with Gasteiger partial charge in [-0.1, -0.05) is 80.1 Å². The van der Waals surface area contributed by atoms with E-state index >= 15 is 0 Å². The molecule has 2 N–H and O–H groups in total. The number of aromatic nitrogens is 5. The highest BCUT2D eigenvalue weighted by Crippen LogP contribution is 2.31. The third-order valence-corrected chi connectivity index (χ3v) is 5.94. The number of hydrogen-bond donors (Lipinski definition) is 2. The molecule has 7 heteroatoms. The molecule has 5 rings (SSSR count). The van der Waals surface area contributed by atoms with Crippen LogP contribution in [-0.2, 0) is 12.8 Å². The monoisotopic (exact) mass is 449 g/mol. The SMILES string of the molecule is CCCc1nc2ccccc2c(C(=O)O)c1Cc1ccc(-c2ccccc2-c2nn[nH]n2)cc1. The summed E-state index contributed by atoms with van der Waals surface area (Å²) in [7, 11) is 0. The fourth-order valence-corrected chi connectivity index (χ4v) is 4.39. The molecular formula is C27H23N5O2. The van der Waals surface area contributed by atoms with Crippen LogP contribution in [0.1, 0.15) is 40.5 Å². The number of tetrazole rings is 1. The van der Waals surface area contributed by atoms with E-state index in [-0.39, 0.29) is 0 Å². The first-order valence-electron chi connectivity index (χ1n) is 11.2. The summed E-state index contributed by atoms with van der Waals surface area (Å²) in [6.45, 7) is 2.08. The summed E-state index contributed by atoms with van der Waals surface area (Å²) >= 11 is 0. The number of H-pyrrole nitrogens is 1. The molecule has 0 aliphatic carbocycles. The number of rotatable bonds is 7. The van der Waals surface area contributed by atoms with Crippen LogP contribution in [0.5, 0.6) is 0 Å². The van der Waals surface area contributed by atoms with Gasteiger partial charge >= 0.3 is 5.97 Å². The largest absolute Gasteiger partial charge is 0.478 e. The van der Waals surface area contributed by atoms with Crippen molar-refractivity contribution in [2.45, 2.75) is 26.2 Å². The van der Waals surface area contributed by atoms with Crippen LogP contribution in [0, 0.1) is 0 Å². The molecule has 0 aliphatic rings. The van der Waals surface area contributed by atoms with Crippen LogP contribution in [-0.4, -0.2) is 36.7 Å². The maximum atomic E-state index is 12.3. The molecule has 7 nitrogen and oxygen atoms in total.